The van der Waals surface area contributed by atoms with E-state index in [4.69, 9.17) is 9.47 Å². The molecule has 0 saturated carbocycles. The van der Waals surface area contributed by atoms with Crippen molar-refractivity contribution in [2.45, 2.75) is 57.8 Å². The lowest BCUT2D eigenvalue weighted by Gasteiger charge is -2.35. The molecule has 0 bridgehead atoms. The van der Waals surface area contributed by atoms with Gasteiger partial charge in [-0.05, 0) is 39.0 Å². The van der Waals surface area contributed by atoms with Gasteiger partial charge in [-0.3, -0.25) is 4.99 Å². The van der Waals surface area contributed by atoms with Gasteiger partial charge in [-0.15, -0.1) is 34.2 Å². The van der Waals surface area contributed by atoms with Gasteiger partial charge in [0.15, 0.2) is 11.8 Å². The summed E-state index contributed by atoms with van der Waals surface area (Å²) >= 11 is 0. The van der Waals surface area contributed by atoms with E-state index in [1.807, 2.05) is 25.6 Å². The first kappa shape index (κ1) is 22.4. The van der Waals surface area contributed by atoms with Gasteiger partial charge >= 0.3 is 0 Å². The van der Waals surface area contributed by atoms with Gasteiger partial charge in [0, 0.05) is 33.8 Å². The zero-order valence-electron chi connectivity index (χ0n) is 16.7. The number of rotatable bonds is 5. The molecule has 2 fully saturated rings. The summed E-state index contributed by atoms with van der Waals surface area (Å²) in [5, 5.41) is 11.7. The third-order valence-corrected chi connectivity index (χ3v) is 5.33. The molecule has 1 aromatic heterocycles. The SMILES string of the molecule is CN=C(NCc1nnc(C)n1C)N1CCC(OCC2CCCCO2)CC1.I. The second kappa shape index (κ2) is 11.2. The van der Waals surface area contributed by atoms with E-state index in [9.17, 15) is 0 Å². The van der Waals surface area contributed by atoms with Gasteiger partial charge in [-0.2, -0.15) is 0 Å². The topological polar surface area (TPSA) is 76.8 Å². The molecule has 2 aliphatic heterocycles. The van der Waals surface area contributed by atoms with Crippen LogP contribution in [0.3, 0.4) is 0 Å². The average molecular weight is 492 g/mol. The van der Waals surface area contributed by atoms with Crippen LogP contribution in [0.2, 0.25) is 0 Å². The first-order valence-electron chi connectivity index (χ1n) is 9.71. The number of nitrogens with zero attached hydrogens (tertiary/aromatic N) is 5. The predicted molar refractivity (Wildman–Crippen MR) is 115 cm³/mol. The summed E-state index contributed by atoms with van der Waals surface area (Å²) in [7, 11) is 3.81. The monoisotopic (exact) mass is 492 g/mol. The molecular formula is C18H33IN6O2. The van der Waals surface area contributed by atoms with Crippen LogP contribution >= 0.6 is 24.0 Å². The molecule has 0 aliphatic carbocycles. The molecule has 1 aromatic rings. The highest BCUT2D eigenvalue weighted by Crippen LogP contribution is 2.18. The fraction of sp³-hybridized carbons (Fsp3) is 0.833. The van der Waals surface area contributed by atoms with Crippen molar-refractivity contribution in [2.75, 3.05) is 33.4 Å². The number of ether oxygens (including phenoxy) is 2. The molecule has 0 spiro atoms. The first-order valence-corrected chi connectivity index (χ1v) is 9.71. The largest absolute Gasteiger partial charge is 0.376 e. The quantitative estimate of drug-likeness (QED) is 0.384. The van der Waals surface area contributed by atoms with Crippen LogP contribution in [0.25, 0.3) is 0 Å². The van der Waals surface area contributed by atoms with Gasteiger partial charge in [0.2, 0.25) is 0 Å². The maximum absolute atomic E-state index is 6.10. The lowest BCUT2D eigenvalue weighted by Crippen LogP contribution is -2.47. The first-order chi connectivity index (χ1) is 12.7. The third kappa shape index (κ3) is 6.28. The lowest BCUT2D eigenvalue weighted by atomic mass is 10.1. The van der Waals surface area contributed by atoms with Gasteiger partial charge in [-0.1, -0.05) is 0 Å². The number of hydrogen-bond donors (Lipinski definition) is 1. The zero-order chi connectivity index (χ0) is 18.4. The van der Waals surface area contributed by atoms with Gasteiger partial charge < -0.3 is 24.3 Å². The number of halogens is 1. The van der Waals surface area contributed by atoms with Crippen LogP contribution in [-0.4, -0.2) is 71.2 Å². The van der Waals surface area contributed by atoms with Crippen LogP contribution < -0.4 is 5.32 Å². The number of aryl methyl sites for hydroxylation is 1. The van der Waals surface area contributed by atoms with E-state index in [1.165, 1.54) is 12.8 Å². The van der Waals surface area contributed by atoms with Crippen molar-refractivity contribution in [2.24, 2.45) is 12.0 Å². The van der Waals surface area contributed by atoms with Crippen LogP contribution in [0, 0.1) is 6.92 Å². The Hall–Kier alpha value is -0.940. The highest BCUT2D eigenvalue weighted by Gasteiger charge is 2.24. The van der Waals surface area contributed by atoms with Gasteiger partial charge in [0.05, 0.1) is 25.4 Å². The summed E-state index contributed by atoms with van der Waals surface area (Å²) in [6.45, 7) is 6.11. The number of nitrogens with one attached hydrogen (secondary N) is 1. The van der Waals surface area contributed by atoms with Crippen molar-refractivity contribution in [3.8, 4) is 0 Å². The van der Waals surface area contributed by atoms with E-state index in [1.54, 1.807) is 0 Å². The molecule has 0 aromatic carbocycles. The summed E-state index contributed by atoms with van der Waals surface area (Å²) in [5.74, 6) is 2.74. The lowest BCUT2D eigenvalue weighted by molar-refractivity contribution is -0.0721. The van der Waals surface area contributed by atoms with Gasteiger partial charge in [0.1, 0.15) is 5.82 Å². The molecule has 2 saturated heterocycles. The molecule has 3 heterocycles. The average Bonchev–Trinajstić information content (AvgIpc) is 3.01. The minimum Gasteiger partial charge on any atom is -0.376 e. The Labute approximate surface area is 179 Å². The van der Waals surface area contributed by atoms with Gasteiger partial charge in [0.25, 0.3) is 0 Å². The second-order valence-corrected chi connectivity index (χ2v) is 7.13. The standard InChI is InChI=1S/C18H32N6O2.HI/c1-14-21-22-17(23(14)3)12-20-18(19-2)24-9-7-15(8-10-24)26-13-16-6-4-5-11-25-16;/h15-16H,4-13H2,1-3H3,(H,19,20);1H. The Morgan fingerprint density at radius 1 is 1.26 bits per heavy atom. The van der Waals surface area contributed by atoms with E-state index in [-0.39, 0.29) is 24.0 Å². The molecule has 0 amide bonds. The number of guanidine groups is 1. The van der Waals surface area contributed by atoms with Crippen molar-refractivity contribution in [3.63, 3.8) is 0 Å². The minimum atomic E-state index is 0. The van der Waals surface area contributed by atoms with E-state index >= 15 is 0 Å². The van der Waals surface area contributed by atoms with Crippen molar-refractivity contribution in [1.82, 2.24) is 25.0 Å². The Morgan fingerprint density at radius 3 is 2.63 bits per heavy atom. The third-order valence-electron chi connectivity index (χ3n) is 5.33. The van der Waals surface area contributed by atoms with Crippen molar-refractivity contribution in [1.29, 1.82) is 0 Å². The molecule has 2 aliphatic rings. The fourth-order valence-electron chi connectivity index (χ4n) is 3.51. The summed E-state index contributed by atoms with van der Waals surface area (Å²) in [5.41, 5.74) is 0. The minimum absolute atomic E-state index is 0. The van der Waals surface area contributed by atoms with E-state index in [2.05, 4.69) is 25.4 Å². The molecule has 8 nitrogen and oxygen atoms in total. The second-order valence-electron chi connectivity index (χ2n) is 7.13. The van der Waals surface area contributed by atoms with E-state index < -0.39 is 0 Å². The highest BCUT2D eigenvalue weighted by atomic mass is 127. The van der Waals surface area contributed by atoms with Crippen LogP contribution in [0.5, 0.6) is 0 Å². The van der Waals surface area contributed by atoms with Crippen molar-refractivity contribution in [3.05, 3.63) is 11.6 Å². The smallest absolute Gasteiger partial charge is 0.194 e. The molecule has 1 unspecified atom stereocenters. The van der Waals surface area contributed by atoms with E-state index in [0.29, 0.717) is 18.8 Å². The molecule has 9 heteroatoms. The molecule has 154 valence electrons. The number of aromatic nitrogens is 3. The number of piperidine rings is 1. The Kier molecular flexibility index (Phi) is 9.24. The van der Waals surface area contributed by atoms with Crippen LogP contribution in [0.1, 0.15) is 43.8 Å². The molecule has 27 heavy (non-hydrogen) atoms. The molecule has 1 atom stereocenters. The number of aliphatic imine (C=N–C) groups is 1. The van der Waals surface area contributed by atoms with E-state index in [0.717, 1.165) is 63.2 Å². The number of likely N-dealkylation sites (tertiary alicyclic amines) is 1. The summed E-state index contributed by atoms with van der Waals surface area (Å²) in [6.07, 6.45) is 6.26. The maximum Gasteiger partial charge on any atom is 0.194 e. The predicted octanol–water partition coefficient (Wildman–Crippen LogP) is 1.87. The number of hydrogen-bond acceptors (Lipinski definition) is 5. The summed E-state index contributed by atoms with van der Waals surface area (Å²) in [6, 6.07) is 0. The summed E-state index contributed by atoms with van der Waals surface area (Å²) in [4.78, 5) is 6.71. The van der Waals surface area contributed by atoms with Crippen molar-refractivity contribution < 1.29 is 9.47 Å². The van der Waals surface area contributed by atoms with Crippen LogP contribution in [-0.2, 0) is 23.1 Å². The normalized spacial score (nSPS) is 21.8. The Bertz CT molecular complexity index is 595. The molecule has 1 N–H and O–H groups in total. The Morgan fingerprint density at radius 2 is 2.04 bits per heavy atom. The molecule has 0 radical (unpaired) electrons. The van der Waals surface area contributed by atoms with Crippen molar-refractivity contribution >= 4 is 29.9 Å². The van der Waals surface area contributed by atoms with Crippen LogP contribution in [0.4, 0.5) is 0 Å². The maximum atomic E-state index is 6.10. The molecular weight excluding hydrogens is 459 g/mol. The fourth-order valence-corrected chi connectivity index (χ4v) is 3.51. The zero-order valence-corrected chi connectivity index (χ0v) is 19.0. The van der Waals surface area contributed by atoms with Gasteiger partial charge in [-0.25, -0.2) is 0 Å². The summed E-state index contributed by atoms with van der Waals surface area (Å²) < 4.78 is 13.8. The molecule has 3 rings (SSSR count). The highest BCUT2D eigenvalue weighted by molar-refractivity contribution is 14.0. The Balaban J connectivity index is 0.00000261. The van der Waals surface area contributed by atoms with Crippen LogP contribution in [0.15, 0.2) is 4.99 Å².